The summed E-state index contributed by atoms with van der Waals surface area (Å²) in [5.74, 6) is 1.78. The van der Waals surface area contributed by atoms with Gasteiger partial charge in [0.25, 0.3) is 0 Å². The zero-order valence-corrected chi connectivity index (χ0v) is 11.0. The van der Waals surface area contributed by atoms with Gasteiger partial charge in [-0.05, 0) is 12.8 Å². The minimum absolute atomic E-state index is 0.133. The molecule has 1 N–H and O–H groups in total. The summed E-state index contributed by atoms with van der Waals surface area (Å²) in [6.07, 6.45) is 8.38. The maximum Gasteiger partial charge on any atom is 0.208 e. The van der Waals surface area contributed by atoms with E-state index in [-0.39, 0.29) is 12.0 Å². The number of rotatable bonds is 4. The van der Waals surface area contributed by atoms with Crippen molar-refractivity contribution in [2.24, 2.45) is 5.92 Å². The lowest BCUT2D eigenvalue weighted by Crippen LogP contribution is -2.34. The standard InChI is InChI=1S/C14H21N3O/c1-2-12-9-17-14(18-12)10-16-13-7-5-3-4-6-11(13)8-15/h9,11,13,16H,2-7,10H2,1H3. The van der Waals surface area contributed by atoms with Gasteiger partial charge in [-0.3, -0.25) is 0 Å². The summed E-state index contributed by atoms with van der Waals surface area (Å²) in [5, 5.41) is 12.6. The first-order valence-electron chi connectivity index (χ1n) is 6.90. The number of aryl methyl sites for hydroxylation is 1. The first-order valence-corrected chi connectivity index (χ1v) is 6.90. The van der Waals surface area contributed by atoms with E-state index in [0.717, 1.165) is 30.9 Å². The molecule has 1 aliphatic rings. The number of oxazole rings is 1. The van der Waals surface area contributed by atoms with Crippen LogP contribution < -0.4 is 5.32 Å². The van der Waals surface area contributed by atoms with E-state index < -0.39 is 0 Å². The monoisotopic (exact) mass is 247 g/mol. The normalized spacial score (nSPS) is 24.4. The third-order valence-corrected chi connectivity index (χ3v) is 3.65. The smallest absolute Gasteiger partial charge is 0.208 e. The van der Waals surface area contributed by atoms with Crippen LogP contribution in [0.3, 0.4) is 0 Å². The molecule has 2 unspecified atom stereocenters. The summed E-state index contributed by atoms with van der Waals surface area (Å²) in [7, 11) is 0. The van der Waals surface area contributed by atoms with Crippen molar-refractivity contribution >= 4 is 0 Å². The number of hydrogen-bond donors (Lipinski definition) is 1. The van der Waals surface area contributed by atoms with Crippen LogP contribution >= 0.6 is 0 Å². The molecule has 1 aliphatic carbocycles. The van der Waals surface area contributed by atoms with E-state index in [4.69, 9.17) is 4.42 Å². The zero-order chi connectivity index (χ0) is 12.8. The van der Waals surface area contributed by atoms with E-state index in [1.165, 1.54) is 19.3 Å². The van der Waals surface area contributed by atoms with Gasteiger partial charge in [0, 0.05) is 12.5 Å². The van der Waals surface area contributed by atoms with Gasteiger partial charge < -0.3 is 9.73 Å². The molecule has 1 heterocycles. The molecule has 0 bridgehead atoms. The molecular formula is C14H21N3O. The van der Waals surface area contributed by atoms with Gasteiger partial charge in [-0.25, -0.2) is 4.98 Å². The van der Waals surface area contributed by atoms with Crippen LogP contribution in [-0.4, -0.2) is 11.0 Å². The second-order valence-electron chi connectivity index (χ2n) is 4.93. The minimum Gasteiger partial charge on any atom is -0.444 e. The number of nitrogens with one attached hydrogen (secondary N) is 1. The Morgan fingerprint density at radius 2 is 2.28 bits per heavy atom. The molecular weight excluding hydrogens is 226 g/mol. The first-order chi connectivity index (χ1) is 8.83. The van der Waals surface area contributed by atoms with Crippen LogP contribution in [0.5, 0.6) is 0 Å². The lowest BCUT2D eigenvalue weighted by Gasteiger charge is -2.19. The van der Waals surface area contributed by atoms with Crippen molar-refractivity contribution in [3.05, 3.63) is 17.8 Å². The van der Waals surface area contributed by atoms with Crippen LogP contribution in [-0.2, 0) is 13.0 Å². The van der Waals surface area contributed by atoms with Gasteiger partial charge in [-0.1, -0.05) is 26.2 Å². The molecule has 1 aromatic heterocycles. The highest BCUT2D eigenvalue weighted by molar-refractivity contribution is 4.96. The average Bonchev–Trinajstić information content (AvgIpc) is 2.74. The molecule has 1 fully saturated rings. The third kappa shape index (κ3) is 3.33. The van der Waals surface area contributed by atoms with E-state index in [0.29, 0.717) is 6.54 Å². The lowest BCUT2D eigenvalue weighted by molar-refractivity contribution is 0.361. The Labute approximate surface area is 108 Å². The van der Waals surface area contributed by atoms with Crippen LogP contribution in [0, 0.1) is 17.2 Å². The molecule has 1 saturated carbocycles. The number of hydrogen-bond acceptors (Lipinski definition) is 4. The van der Waals surface area contributed by atoms with Crippen molar-refractivity contribution in [1.29, 1.82) is 5.26 Å². The maximum atomic E-state index is 9.20. The van der Waals surface area contributed by atoms with Crippen molar-refractivity contribution in [2.45, 2.75) is 58.0 Å². The summed E-state index contributed by atoms with van der Waals surface area (Å²) in [4.78, 5) is 4.23. The lowest BCUT2D eigenvalue weighted by atomic mass is 9.96. The van der Waals surface area contributed by atoms with Crippen LogP contribution in [0.1, 0.15) is 50.7 Å². The Hall–Kier alpha value is -1.34. The minimum atomic E-state index is 0.133. The molecule has 18 heavy (non-hydrogen) atoms. The molecule has 2 rings (SSSR count). The molecule has 0 radical (unpaired) electrons. The molecule has 2 atom stereocenters. The predicted octanol–water partition coefficient (Wildman–Crippen LogP) is 2.80. The highest BCUT2D eigenvalue weighted by atomic mass is 16.4. The highest BCUT2D eigenvalue weighted by Crippen LogP contribution is 2.23. The Morgan fingerprint density at radius 3 is 3.00 bits per heavy atom. The van der Waals surface area contributed by atoms with Crippen LogP contribution in [0.15, 0.2) is 10.6 Å². The fourth-order valence-corrected chi connectivity index (χ4v) is 2.52. The zero-order valence-electron chi connectivity index (χ0n) is 11.0. The Balaban J connectivity index is 1.89. The van der Waals surface area contributed by atoms with Gasteiger partial charge in [0.15, 0.2) is 0 Å². The number of nitriles is 1. The summed E-state index contributed by atoms with van der Waals surface area (Å²) in [6.45, 7) is 2.68. The Kier molecular flexibility index (Phi) is 4.77. The Bertz CT molecular complexity index is 407. The van der Waals surface area contributed by atoms with Gasteiger partial charge in [0.2, 0.25) is 5.89 Å². The quantitative estimate of drug-likeness (QED) is 0.831. The summed E-state index contributed by atoms with van der Waals surface area (Å²) in [5.41, 5.74) is 0. The SMILES string of the molecule is CCc1cnc(CNC2CCCCCC2C#N)o1. The molecule has 98 valence electrons. The number of nitrogens with zero attached hydrogens (tertiary/aromatic N) is 2. The van der Waals surface area contributed by atoms with Crippen LogP contribution in [0.2, 0.25) is 0 Å². The largest absolute Gasteiger partial charge is 0.444 e. The first kappa shape index (κ1) is 13.1. The van der Waals surface area contributed by atoms with Crippen molar-refractivity contribution in [2.75, 3.05) is 0 Å². The topological polar surface area (TPSA) is 61.9 Å². The fraction of sp³-hybridized carbons (Fsp3) is 0.714. The van der Waals surface area contributed by atoms with Crippen molar-refractivity contribution in [1.82, 2.24) is 10.3 Å². The average molecular weight is 247 g/mol. The maximum absolute atomic E-state index is 9.20. The molecule has 4 heteroatoms. The van der Waals surface area contributed by atoms with Gasteiger partial charge in [-0.2, -0.15) is 5.26 Å². The van der Waals surface area contributed by atoms with E-state index in [1.54, 1.807) is 6.20 Å². The van der Waals surface area contributed by atoms with Gasteiger partial charge in [0.05, 0.1) is 24.7 Å². The van der Waals surface area contributed by atoms with E-state index in [2.05, 4.69) is 23.3 Å². The molecule has 0 spiro atoms. The van der Waals surface area contributed by atoms with Crippen molar-refractivity contribution < 1.29 is 4.42 Å². The highest BCUT2D eigenvalue weighted by Gasteiger charge is 2.23. The molecule has 0 aromatic carbocycles. The second-order valence-corrected chi connectivity index (χ2v) is 4.93. The van der Waals surface area contributed by atoms with Crippen molar-refractivity contribution in [3.8, 4) is 6.07 Å². The molecule has 1 aromatic rings. The number of aromatic nitrogens is 1. The fourth-order valence-electron chi connectivity index (χ4n) is 2.52. The summed E-state index contributed by atoms with van der Waals surface area (Å²) in [6, 6.07) is 2.72. The van der Waals surface area contributed by atoms with Crippen LogP contribution in [0.25, 0.3) is 0 Å². The van der Waals surface area contributed by atoms with Gasteiger partial charge >= 0.3 is 0 Å². The predicted molar refractivity (Wildman–Crippen MR) is 68.7 cm³/mol. The van der Waals surface area contributed by atoms with E-state index >= 15 is 0 Å². The Morgan fingerprint density at radius 1 is 1.44 bits per heavy atom. The molecule has 4 nitrogen and oxygen atoms in total. The van der Waals surface area contributed by atoms with Gasteiger partial charge in [-0.15, -0.1) is 0 Å². The van der Waals surface area contributed by atoms with E-state index in [1.807, 2.05) is 0 Å². The molecule has 0 amide bonds. The summed E-state index contributed by atoms with van der Waals surface area (Å²) < 4.78 is 5.57. The molecule has 0 saturated heterocycles. The van der Waals surface area contributed by atoms with Crippen LogP contribution in [0.4, 0.5) is 0 Å². The van der Waals surface area contributed by atoms with Gasteiger partial charge in [0.1, 0.15) is 5.76 Å². The van der Waals surface area contributed by atoms with E-state index in [9.17, 15) is 5.26 Å². The summed E-state index contributed by atoms with van der Waals surface area (Å²) >= 11 is 0. The third-order valence-electron chi connectivity index (χ3n) is 3.65. The second kappa shape index (κ2) is 6.55. The van der Waals surface area contributed by atoms with Crippen molar-refractivity contribution in [3.63, 3.8) is 0 Å². The molecule has 0 aliphatic heterocycles.